The summed E-state index contributed by atoms with van der Waals surface area (Å²) >= 11 is 6.13. The number of para-hydroxylation sites is 1. The Balaban J connectivity index is 0.000000753. The zero-order valence-electron chi connectivity index (χ0n) is 13.4. The summed E-state index contributed by atoms with van der Waals surface area (Å²) in [6, 6.07) is 13.2. The van der Waals surface area contributed by atoms with E-state index in [1.165, 1.54) is 0 Å². The highest BCUT2D eigenvalue weighted by Crippen LogP contribution is 2.46. The van der Waals surface area contributed by atoms with Crippen LogP contribution in [0.3, 0.4) is 0 Å². The SMILES string of the molecule is CC.CN1CC2=C(C1=O)c1ccccc1Oc1ccc(Cl)cc12. The molecular formula is C19H18ClNO2. The zero-order chi connectivity index (χ0) is 16.6. The van der Waals surface area contributed by atoms with Crippen LogP contribution in [-0.4, -0.2) is 24.4 Å². The van der Waals surface area contributed by atoms with Crippen molar-refractivity contribution < 1.29 is 9.53 Å². The van der Waals surface area contributed by atoms with Gasteiger partial charge in [0.2, 0.25) is 0 Å². The second-order valence-electron chi connectivity index (χ2n) is 5.25. The fraction of sp³-hybridized carbons (Fsp3) is 0.211. The summed E-state index contributed by atoms with van der Waals surface area (Å²) in [6.07, 6.45) is 0. The summed E-state index contributed by atoms with van der Waals surface area (Å²) in [7, 11) is 1.81. The highest BCUT2D eigenvalue weighted by molar-refractivity contribution is 6.33. The Morgan fingerprint density at radius 3 is 2.52 bits per heavy atom. The molecule has 0 N–H and O–H groups in total. The first-order valence-corrected chi connectivity index (χ1v) is 8.09. The molecule has 0 unspecified atom stereocenters. The third-order valence-corrected chi connectivity index (χ3v) is 4.14. The van der Waals surface area contributed by atoms with Gasteiger partial charge in [-0.15, -0.1) is 0 Å². The molecule has 0 aliphatic carbocycles. The van der Waals surface area contributed by atoms with Gasteiger partial charge < -0.3 is 9.64 Å². The fourth-order valence-electron chi connectivity index (χ4n) is 2.91. The summed E-state index contributed by atoms with van der Waals surface area (Å²) in [5.41, 5.74) is 3.43. The van der Waals surface area contributed by atoms with E-state index < -0.39 is 0 Å². The van der Waals surface area contributed by atoms with E-state index in [2.05, 4.69) is 0 Å². The number of rotatable bonds is 0. The van der Waals surface area contributed by atoms with Crippen LogP contribution in [-0.2, 0) is 4.79 Å². The lowest BCUT2D eigenvalue weighted by Gasteiger charge is -2.14. The molecule has 2 aromatic rings. The highest BCUT2D eigenvalue weighted by Gasteiger charge is 2.34. The van der Waals surface area contributed by atoms with Gasteiger partial charge in [-0.3, -0.25) is 4.79 Å². The molecule has 118 valence electrons. The number of hydrogen-bond acceptors (Lipinski definition) is 2. The number of likely N-dealkylation sites (N-methyl/N-ethyl adjacent to an activating group) is 1. The Morgan fingerprint density at radius 2 is 1.74 bits per heavy atom. The normalized spacial score (nSPS) is 15.0. The van der Waals surface area contributed by atoms with Crippen molar-refractivity contribution in [2.24, 2.45) is 0 Å². The van der Waals surface area contributed by atoms with Crippen LogP contribution in [0, 0.1) is 0 Å². The van der Waals surface area contributed by atoms with Crippen molar-refractivity contribution in [2.75, 3.05) is 13.6 Å². The van der Waals surface area contributed by atoms with Crippen molar-refractivity contribution in [3.8, 4) is 11.5 Å². The second kappa shape index (κ2) is 6.09. The Kier molecular flexibility index (Phi) is 4.14. The molecule has 2 aromatic carbocycles. The van der Waals surface area contributed by atoms with Crippen molar-refractivity contribution in [3.05, 3.63) is 58.6 Å². The molecule has 0 fully saturated rings. The first kappa shape index (κ1) is 15.6. The van der Waals surface area contributed by atoms with Gasteiger partial charge in [0.25, 0.3) is 5.91 Å². The van der Waals surface area contributed by atoms with Crippen LogP contribution in [0.25, 0.3) is 11.1 Å². The minimum absolute atomic E-state index is 0.0221. The number of fused-ring (bicyclic) bond motifs is 4. The maximum absolute atomic E-state index is 12.5. The molecule has 0 radical (unpaired) electrons. The van der Waals surface area contributed by atoms with Crippen LogP contribution in [0.5, 0.6) is 11.5 Å². The Labute approximate surface area is 141 Å². The summed E-state index contributed by atoms with van der Waals surface area (Å²) in [5, 5.41) is 0.636. The summed E-state index contributed by atoms with van der Waals surface area (Å²) in [5.74, 6) is 1.46. The molecule has 0 bridgehead atoms. The van der Waals surface area contributed by atoms with Crippen LogP contribution in [0.2, 0.25) is 5.02 Å². The molecule has 0 saturated heterocycles. The van der Waals surface area contributed by atoms with Gasteiger partial charge in [-0.05, 0) is 29.8 Å². The standard InChI is InChI=1S/C17H12ClNO2.C2H6/c1-19-9-13-12-8-10(18)6-7-15(12)21-14-5-3-2-4-11(14)16(13)17(19)20;1-2/h2-8H,9H2,1H3;1-2H3. The molecule has 3 nitrogen and oxygen atoms in total. The van der Waals surface area contributed by atoms with Gasteiger partial charge in [0.15, 0.2) is 0 Å². The van der Waals surface area contributed by atoms with Crippen LogP contribution in [0.1, 0.15) is 25.0 Å². The summed E-state index contributed by atoms with van der Waals surface area (Å²) in [4.78, 5) is 14.2. The predicted molar refractivity (Wildman–Crippen MR) is 93.8 cm³/mol. The molecule has 0 aromatic heterocycles. The van der Waals surface area contributed by atoms with Gasteiger partial charge >= 0.3 is 0 Å². The first-order valence-electron chi connectivity index (χ1n) is 7.71. The van der Waals surface area contributed by atoms with Crippen molar-refractivity contribution in [1.82, 2.24) is 4.90 Å². The van der Waals surface area contributed by atoms with Gasteiger partial charge in [-0.1, -0.05) is 43.6 Å². The topological polar surface area (TPSA) is 29.5 Å². The van der Waals surface area contributed by atoms with Gasteiger partial charge in [-0.2, -0.15) is 0 Å². The van der Waals surface area contributed by atoms with E-state index in [0.717, 1.165) is 22.4 Å². The number of carbonyl (C=O) groups is 1. The number of ether oxygens (including phenoxy) is 1. The van der Waals surface area contributed by atoms with Gasteiger partial charge in [-0.25, -0.2) is 0 Å². The molecule has 2 aliphatic heterocycles. The van der Waals surface area contributed by atoms with Crippen molar-refractivity contribution in [1.29, 1.82) is 0 Å². The predicted octanol–water partition coefficient (Wildman–Crippen LogP) is 4.85. The molecule has 4 rings (SSSR count). The molecular weight excluding hydrogens is 310 g/mol. The Hall–Kier alpha value is -2.26. The summed E-state index contributed by atoms with van der Waals surface area (Å²) in [6.45, 7) is 4.57. The average molecular weight is 328 g/mol. The smallest absolute Gasteiger partial charge is 0.255 e. The molecule has 1 amide bonds. The first-order chi connectivity index (χ1) is 11.1. The number of hydrogen-bond donors (Lipinski definition) is 0. The average Bonchev–Trinajstić information content (AvgIpc) is 2.79. The van der Waals surface area contributed by atoms with Crippen LogP contribution >= 0.6 is 11.6 Å². The quantitative estimate of drug-likeness (QED) is 0.692. The fourth-order valence-corrected chi connectivity index (χ4v) is 3.09. The third-order valence-electron chi connectivity index (χ3n) is 3.90. The van der Waals surface area contributed by atoms with Crippen LogP contribution in [0.15, 0.2) is 42.5 Å². The van der Waals surface area contributed by atoms with E-state index >= 15 is 0 Å². The lowest BCUT2D eigenvalue weighted by molar-refractivity contribution is -0.122. The number of halogens is 1. The van der Waals surface area contributed by atoms with Gasteiger partial charge in [0.05, 0.1) is 5.57 Å². The van der Waals surface area contributed by atoms with Crippen LogP contribution in [0.4, 0.5) is 0 Å². The molecule has 0 saturated carbocycles. The minimum atomic E-state index is 0.0221. The largest absolute Gasteiger partial charge is 0.456 e. The number of amides is 1. The lowest BCUT2D eigenvalue weighted by Crippen LogP contribution is -2.21. The molecule has 4 heteroatoms. The number of benzene rings is 2. The molecule has 2 aliphatic rings. The molecule has 2 heterocycles. The van der Waals surface area contributed by atoms with E-state index in [-0.39, 0.29) is 5.91 Å². The highest BCUT2D eigenvalue weighted by atomic mass is 35.5. The van der Waals surface area contributed by atoms with E-state index in [0.29, 0.717) is 22.9 Å². The van der Waals surface area contributed by atoms with Crippen LogP contribution < -0.4 is 4.74 Å². The van der Waals surface area contributed by atoms with E-state index in [4.69, 9.17) is 16.3 Å². The third kappa shape index (κ3) is 2.51. The second-order valence-corrected chi connectivity index (χ2v) is 5.69. The van der Waals surface area contributed by atoms with Gasteiger partial charge in [0, 0.05) is 29.7 Å². The maximum atomic E-state index is 12.5. The lowest BCUT2D eigenvalue weighted by atomic mass is 9.97. The number of nitrogens with zero attached hydrogens (tertiary/aromatic N) is 1. The summed E-state index contributed by atoms with van der Waals surface area (Å²) < 4.78 is 6.01. The monoisotopic (exact) mass is 327 g/mol. The molecule has 23 heavy (non-hydrogen) atoms. The number of carbonyl (C=O) groups excluding carboxylic acids is 1. The Bertz CT molecular complexity index is 811. The Morgan fingerprint density at radius 1 is 1.04 bits per heavy atom. The van der Waals surface area contributed by atoms with Crippen molar-refractivity contribution in [2.45, 2.75) is 13.8 Å². The van der Waals surface area contributed by atoms with Crippen molar-refractivity contribution in [3.63, 3.8) is 0 Å². The minimum Gasteiger partial charge on any atom is -0.456 e. The van der Waals surface area contributed by atoms with Gasteiger partial charge in [0.1, 0.15) is 11.5 Å². The molecule has 0 atom stereocenters. The van der Waals surface area contributed by atoms with E-state index in [9.17, 15) is 4.79 Å². The molecule has 0 spiro atoms. The van der Waals surface area contributed by atoms with E-state index in [1.807, 2.05) is 57.3 Å². The zero-order valence-corrected chi connectivity index (χ0v) is 14.1. The maximum Gasteiger partial charge on any atom is 0.255 e. The van der Waals surface area contributed by atoms with E-state index in [1.54, 1.807) is 11.0 Å². The van der Waals surface area contributed by atoms with Crippen molar-refractivity contribution >= 4 is 28.7 Å².